The van der Waals surface area contributed by atoms with E-state index in [1.165, 1.54) is 0 Å². The van der Waals surface area contributed by atoms with Crippen LogP contribution in [0, 0.1) is 5.92 Å². The minimum Gasteiger partial charge on any atom is -0.478 e. The van der Waals surface area contributed by atoms with Gasteiger partial charge in [0, 0.05) is 18.0 Å². The summed E-state index contributed by atoms with van der Waals surface area (Å²) in [6.45, 7) is 2.48. The molecule has 1 amide bonds. The van der Waals surface area contributed by atoms with E-state index < -0.39 is 5.97 Å². The molecule has 4 rings (SSSR count). The van der Waals surface area contributed by atoms with Crippen LogP contribution in [0.25, 0.3) is 22.5 Å². The Bertz CT molecular complexity index is 1300. The Balaban J connectivity index is 1.44. The average molecular weight is 484 g/mol. The monoisotopic (exact) mass is 483 g/mol. The summed E-state index contributed by atoms with van der Waals surface area (Å²) in [6.07, 6.45) is 2.99. The number of benzene rings is 3. The number of nitrogens with one attached hydrogen (secondary N) is 2. The van der Waals surface area contributed by atoms with Gasteiger partial charge >= 0.3 is 5.97 Å². The number of carbonyl (C=O) groups excluding carboxylic acids is 1. The van der Waals surface area contributed by atoms with Crippen LogP contribution in [0.3, 0.4) is 0 Å². The third kappa shape index (κ3) is 6.02. The summed E-state index contributed by atoms with van der Waals surface area (Å²) in [7, 11) is 0. The van der Waals surface area contributed by atoms with Crippen molar-refractivity contribution in [1.82, 2.24) is 25.9 Å². The highest BCUT2D eigenvalue weighted by molar-refractivity contribution is 5.89. The van der Waals surface area contributed by atoms with Crippen molar-refractivity contribution in [2.75, 3.05) is 0 Å². The van der Waals surface area contributed by atoms with Crippen LogP contribution in [0.4, 0.5) is 0 Å². The van der Waals surface area contributed by atoms with E-state index >= 15 is 0 Å². The maximum absolute atomic E-state index is 13.1. The molecular weight excluding hydrogens is 454 g/mol. The van der Waals surface area contributed by atoms with Crippen molar-refractivity contribution in [2.24, 2.45) is 5.92 Å². The number of rotatable bonds is 11. The molecule has 1 heterocycles. The van der Waals surface area contributed by atoms with E-state index in [2.05, 4.69) is 32.9 Å². The van der Waals surface area contributed by atoms with Gasteiger partial charge in [-0.1, -0.05) is 86.5 Å². The number of aromatic carboxylic acids is 1. The van der Waals surface area contributed by atoms with Crippen LogP contribution in [-0.4, -0.2) is 37.6 Å². The summed E-state index contributed by atoms with van der Waals surface area (Å²) in [5.41, 5.74) is 4.80. The Morgan fingerprint density at radius 1 is 0.972 bits per heavy atom. The van der Waals surface area contributed by atoms with Crippen molar-refractivity contribution < 1.29 is 14.7 Å². The van der Waals surface area contributed by atoms with Crippen LogP contribution in [0.1, 0.15) is 47.7 Å². The predicted octanol–water partition coefficient (Wildman–Crippen LogP) is 4.90. The van der Waals surface area contributed by atoms with E-state index in [0.717, 1.165) is 35.1 Å². The number of hydrogen-bond donors (Lipinski definition) is 3. The van der Waals surface area contributed by atoms with Gasteiger partial charge in [-0.3, -0.25) is 4.79 Å². The van der Waals surface area contributed by atoms with Crippen molar-refractivity contribution >= 4 is 11.9 Å². The summed E-state index contributed by atoms with van der Waals surface area (Å²) in [5.74, 6) is -0.785. The lowest BCUT2D eigenvalue weighted by Gasteiger charge is -2.18. The first-order valence-electron chi connectivity index (χ1n) is 12.1. The number of unbranched alkanes of at least 4 members (excludes halogenated alkanes) is 1. The minimum atomic E-state index is -0.971. The Labute approximate surface area is 209 Å². The number of amides is 1. The van der Waals surface area contributed by atoms with Crippen molar-refractivity contribution in [2.45, 2.75) is 39.2 Å². The molecule has 3 aromatic carbocycles. The van der Waals surface area contributed by atoms with Gasteiger partial charge in [-0.05, 0) is 46.4 Å². The van der Waals surface area contributed by atoms with Gasteiger partial charge in [0.25, 0.3) is 0 Å². The number of carboxylic acid groups (broad SMARTS) is 1. The Morgan fingerprint density at radius 2 is 1.69 bits per heavy atom. The number of carboxylic acids is 1. The number of H-pyrrole nitrogens is 1. The second-order valence-electron chi connectivity index (χ2n) is 8.70. The summed E-state index contributed by atoms with van der Waals surface area (Å²) in [4.78, 5) is 24.7. The van der Waals surface area contributed by atoms with Gasteiger partial charge in [0.15, 0.2) is 0 Å². The van der Waals surface area contributed by atoms with Crippen molar-refractivity contribution in [3.8, 4) is 22.5 Å². The van der Waals surface area contributed by atoms with Crippen LogP contribution in [0.5, 0.6) is 0 Å². The molecule has 3 N–H and O–H groups in total. The fraction of sp³-hybridized carbons (Fsp3) is 0.250. The summed E-state index contributed by atoms with van der Waals surface area (Å²) >= 11 is 0. The lowest BCUT2D eigenvalue weighted by molar-refractivity contribution is -0.125. The molecule has 0 fully saturated rings. The smallest absolute Gasteiger partial charge is 0.335 e. The number of aromatic amines is 1. The van der Waals surface area contributed by atoms with Crippen LogP contribution < -0.4 is 5.32 Å². The van der Waals surface area contributed by atoms with E-state index in [9.17, 15) is 14.7 Å². The number of carbonyl (C=O) groups is 2. The first-order valence-corrected chi connectivity index (χ1v) is 12.1. The fourth-order valence-corrected chi connectivity index (χ4v) is 4.29. The average Bonchev–Trinajstić information content (AvgIpc) is 3.45. The lowest BCUT2D eigenvalue weighted by Crippen LogP contribution is -2.32. The molecule has 36 heavy (non-hydrogen) atoms. The quantitative estimate of drug-likeness (QED) is 0.279. The topological polar surface area (TPSA) is 121 Å². The van der Waals surface area contributed by atoms with Crippen LogP contribution in [0.2, 0.25) is 0 Å². The molecule has 0 bridgehead atoms. The summed E-state index contributed by atoms with van der Waals surface area (Å²) in [5, 5.41) is 26.9. The third-order valence-corrected chi connectivity index (χ3v) is 6.24. The molecule has 0 aliphatic carbocycles. The molecule has 0 aliphatic heterocycles. The number of aromatic nitrogens is 4. The number of tetrazole rings is 1. The van der Waals surface area contributed by atoms with Crippen LogP contribution >= 0.6 is 0 Å². The normalized spacial score (nSPS) is 11.7. The summed E-state index contributed by atoms with van der Waals surface area (Å²) in [6, 6.07) is 22.8. The molecule has 1 unspecified atom stereocenters. The molecule has 0 aliphatic rings. The molecule has 8 heteroatoms. The maximum atomic E-state index is 13.1. The highest BCUT2D eigenvalue weighted by Gasteiger charge is 2.21. The van der Waals surface area contributed by atoms with Crippen molar-refractivity contribution in [3.05, 3.63) is 89.5 Å². The molecule has 184 valence electrons. The first-order chi connectivity index (χ1) is 17.6. The number of nitrogens with zero attached hydrogens (tertiary/aromatic N) is 3. The fourth-order valence-electron chi connectivity index (χ4n) is 4.29. The van der Waals surface area contributed by atoms with Gasteiger partial charge < -0.3 is 10.4 Å². The largest absolute Gasteiger partial charge is 0.478 e. The Kier molecular flexibility index (Phi) is 8.18. The molecule has 0 spiro atoms. The molecule has 1 aromatic heterocycles. The molecule has 0 saturated heterocycles. The molecule has 0 radical (unpaired) electrons. The van der Waals surface area contributed by atoms with Gasteiger partial charge in [-0.25, -0.2) is 4.79 Å². The van der Waals surface area contributed by atoms with Gasteiger partial charge in [-0.15, -0.1) is 10.2 Å². The Hall–Kier alpha value is -4.33. The predicted molar refractivity (Wildman–Crippen MR) is 137 cm³/mol. The van der Waals surface area contributed by atoms with Crippen molar-refractivity contribution in [1.29, 1.82) is 0 Å². The van der Waals surface area contributed by atoms with Crippen molar-refractivity contribution in [3.63, 3.8) is 0 Å². The van der Waals surface area contributed by atoms with Gasteiger partial charge in [-0.2, -0.15) is 5.21 Å². The van der Waals surface area contributed by atoms with E-state index in [-0.39, 0.29) is 17.4 Å². The number of hydrogen-bond acceptors (Lipinski definition) is 5. The van der Waals surface area contributed by atoms with E-state index in [1.54, 1.807) is 18.2 Å². The van der Waals surface area contributed by atoms with E-state index in [4.69, 9.17) is 0 Å². The van der Waals surface area contributed by atoms with Crippen LogP contribution in [-0.2, 0) is 17.8 Å². The zero-order valence-electron chi connectivity index (χ0n) is 20.1. The molecule has 0 saturated carbocycles. The van der Waals surface area contributed by atoms with E-state index in [1.807, 2.05) is 54.6 Å². The SMILES string of the molecule is CCCCC(Cc1ccccc1C(=O)O)C(=O)NCc1ccc(-c2ccccc2-c2nn[nH]n2)cc1. The standard InChI is InChI=1S/C28H29N5O3/c1-2-3-8-22(17-21-9-4-5-11-24(21)28(35)36)27(34)29-18-19-13-15-20(16-14-19)23-10-6-7-12-25(23)26-30-32-33-31-26/h4-7,9-16,22H,2-3,8,17-18H2,1H3,(H,29,34)(H,35,36)(H,30,31,32,33). The van der Waals surface area contributed by atoms with Gasteiger partial charge in [0.05, 0.1) is 5.56 Å². The summed E-state index contributed by atoms with van der Waals surface area (Å²) < 4.78 is 0. The lowest BCUT2D eigenvalue weighted by atomic mass is 9.91. The van der Waals surface area contributed by atoms with E-state index in [0.29, 0.717) is 30.8 Å². The Morgan fingerprint density at radius 3 is 2.39 bits per heavy atom. The molecule has 4 aromatic rings. The van der Waals surface area contributed by atoms with Gasteiger partial charge in [0.1, 0.15) is 0 Å². The highest BCUT2D eigenvalue weighted by Crippen LogP contribution is 2.29. The zero-order chi connectivity index (χ0) is 25.3. The van der Waals surface area contributed by atoms with Crippen LogP contribution in [0.15, 0.2) is 72.8 Å². The maximum Gasteiger partial charge on any atom is 0.335 e. The molecule has 1 atom stereocenters. The minimum absolute atomic E-state index is 0.0600. The second kappa shape index (κ2) is 11.9. The highest BCUT2D eigenvalue weighted by atomic mass is 16.4. The molecular formula is C28H29N5O3. The first kappa shape index (κ1) is 24.8. The zero-order valence-corrected chi connectivity index (χ0v) is 20.1. The molecule has 8 nitrogen and oxygen atoms in total. The second-order valence-corrected chi connectivity index (χ2v) is 8.70. The van der Waals surface area contributed by atoms with Gasteiger partial charge in [0.2, 0.25) is 11.7 Å². The third-order valence-electron chi connectivity index (χ3n) is 6.24.